The summed E-state index contributed by atoms with van der Waals surface area (Å²) in [7, 11) is 0. The first-order valence-electron chi connectivity index (χ1n) is 9.56. The predicted octanol–water partition coefficient (Wildman–Crippen LogP) is 5.36. The Bertz CT molecular complexity index is 1080. The first kappa shape index (κ1) is 16.1. The Morgan fingerprint density at radius 3 is 2.37 bits per heavy atom. The fraction of sp³-hybridized carbons (Fsp3) is 0.217. The smallest absolute Gasteiger partial charge is 0.165 e. The van der Waals surface area contributed by atoms with Crippen LogP contribution in [0.25, 0.3) is 28.2 Å². The Hall–Kier alpha value is -3.14. The van der Waals surface area contributed by atoms with Gasteiger partial charge in [0.05, 0.1) is 0 Å². The summed E-state index contributed by atoms with van der Waals surface area (Å²) < 4.78 is 2.16. The average Bonchev–Trinajstić information content (AvgIpc) is 3.04. The molecule has 4 heteroatoms. The van der Waals surface area contributed by atoms with E-state index in [-0.39, 0.29) is 0 Å². The van der Waals surface area contributed by atoms with Gasteiger partial charge in [0.1, 0.15) is 11.3 Å². The molecule has 0 spiro atoms. The lowest BCUT2D eigenvalue weighted by Gasteiger charge is -2.27. The lowest BCUT2D eigenvalue weighted by molar-refractivity contribution is 0.445. The van der Waals surface area contributed by atoms with Crippen LogP contribution >= 0.6 is 0 Å². The van der Waals surface area contributed by atoms with Gasteiger partial charge in [0.25, 0.3) is 0 Å². The van der Waals surface area contributed by atoms with E-state index in [4.69, 9.17) is 9.97 Å². The van der Waals surface area contributed by atoms with Crippen molar-refractivity contribution >= 4 is 16.9 Å². The highest BCUT2D eigenvalue weighted by atomic mass is 15.1. The van der Waals surface area contributed by atoms with Crippen LogP contribution in [0.2, 0.25) is 0 Å². The van der Waals surface area contributed by atoms with Crippen molar-refractivity contribution < 1.29 is 0 Å². The van der Waals surface area contributed by atoms with Gasteiger partial charge in [-0.1, -0.05) is 30.3 Å². The molecule has 0 bridgehead atoms. The number of hydrogen-bond donors (Lipinski definition) is 1. The van der Waals surface area contributed by atoms with E-state index in [1.54, 1.807) is 0 Å². The standard InChI is InChI=1S/C23H22N4/c1-16-10-15-21-23(24-16)27(22(26-21)17-6-3-2-4-7-17)20-13-11-19(12-14-20)25-18-8-5-9-18/h2-4,6-7,10-15,18,25H,5,8-9H2,1H3. The maximum absolute atomic E-state index is 4.88. The van der Waals surface area contributed by atoms with Gasteiger partial charge in [-0.2, -0.15) is 0 Å². The fourth-order valence-electron chi connectivity index (χ4n) is 3.57. The molecular weight excluding hydrogens is 332 g/mol. The summed E-state index contributed by atoms with van der Waals surface area (Å²) in [5.41, 5.74) is 6.15. The number of imidazole rings is 1. The van der Waals surface area contributed by atoms with Crippen LogP contribution in [-0.4, -0.2) is 20.6 Å². The minimum absolute atomic E-state index is 0.633. The molecule has 2 aromatic carbocycles. The zero-order valence-corrected chi connectivity index (χ0v) is 15.4. The van der Waals surface area contributed by atoms with Crippen molar-refractivity contribution in [3.63, 3.8) is 0 Å². The van der Waals surface area contributed by atoms with Crippen LogP contribution in [-0.2, 0) is 0 Å². The Kier molecular flexibility index (Phi) is 3.89. The Labute approximate surface area is 158 Å². The van der Waals surface area contributed by atoms with E-state index in [1.807, 2.05) is 37.3 Å². The van der Waals surface area contributed by atoms with E-state index in [0.717, 1.165) is 33.9 Å². The SMILES string of the molecule is Cc1ccc2nc(-c3ccccc3)n(-c3ccc(NC4CCC4)cc3)c2n1. The van der Waals surface area contributed by atoms with E-state index >= 15 is 0 Å². The number of benzene rings is 2. The van der Waals surface area contributed by atoms with Crippen molar-refractivity contribution in [3.05, 3.63) is 72.4 Å². The number of rotatable bonds is 4. The topological polar surface area (TPSA) is 42.7 Å². The molecule has 1 fully saturated rings. The van der Waals surface area contributed by atoms with Crippen molar-refractivity contribution in [3.8, 4) is 17.1 Å². The molecule has 2 aromatic heterocycles. The minimum Gasteiger partial charge on any atom is -0.382 e. The first-order chi connectivity index (χ1) is 13.3. The van der Waals surface area contributed by atoms with Gasteiger partial charge in [-0.05, 0) is 62.6 Å². The van der Waals surface area contributed by atoms with E-state index < -0.39 is 0 Å². The molecule has 4 aromatic rings. The molecule has 1 aliphatic carbocycles. The Morgan fingerprint density at radius 1 is 0.889 bits per heavy atom. The van der Waals surface area contributed by atoms with Crippen LogP contribution in [0.5, 0.6) is 0 Å². The Balaban J connectivity index is 1.63. The highest BCUT2D eigenvalue weighted by molar-refractivity contribution is 5.80. The molecule has 0 unspecified atom stereocenters. The third kappa shape index (κ3) is 2.97. The molecule has 4 nitrogen and oxygen atoms in total. The molecule has 27 heavy (non-hydrogen) atoms. The largest absolute Gasteiger partial charge is 0.382 e. The molecule has 0 amide bonds. The number of aromatic nitrogens is 3. The molecule has 0 saturated heterocycles. The second kappa shape index (κ2) is 6.54. The van der Waals surface area contributed by atoms with Gasteiger partial charge in [0.15, 0.2) is 5.65 Å². The monoisotopic (exact) mass is 354 g/mol. The average molecular weight is 354 g/mol. The van der Waals surface area contributed by atoms with Crippen LogP contribution < -0.4 is 5.32 Å². The second-order valence-corrected chi connectivity index (χ2v) is 7.25. The lowest BCUT2D eigenvalue weighted by Crippen LogP contribution is -2.26. The van der Waals surface area contributed by atoms with Gasteiger partial charge >= 0.3 is 0 Å². The summed E-state index contributed by atoms with van der Waals surface area (Å²) in [6.45, 7) is 2.02. The molecule has 0 aliphatic heterocycles. The van der Waals surface area contributed by atoms with Crippen LogP contribution in [0.1, 0.15) is 25.0 Å². The third-order valence-corrected chi connectivity index (χ3v) is 5.28. The van der Waals surface area contributed by atoms with Crippen LogP contribution in [0.15, 0.2) is 66.7 Å². The number of aryl methyl sites for hydroxylation is 1. The molecule has 1 aliphatic rings. The Morgan fingerprint density at radius 2 is 1.67 bits per heavy atom. The van der Waals surface area contributed by atoms with E-state index in [2.05, 4.69) is 46.3 Å². The minimum atomic E-state index is 0.633. The van der Waals surface area contributed by atoms with E-state index in [0.29, 0.717) is 6.04 Å². The van der Waals surface area contributed by atoms with Gasteiger partial charge in [0.2, 0.25) is 0 Å². The van der Waals surface area contributed by atoms with Gasteiger partial charge < -0.3 is 5.32 Å². The summed E-state index contributed by atoms with van der Waals surface area (Å²) in [4.78, 5) is 9.65. The molecule has 5 rings (SSSR count). The summed E-state index contributed by atoms with van der Waals surface area (Å²) >= 11 is 0. The molecule has 0 atom stereocenters. The molecule has 134 valence electrons. The van der Waals surface area contributed by atoms with Gasteiger partial charge in [-0.15, -0.1) is 0 Å². The van der Waals surface area contributed by atoms with Crippen molar-refractivity contribution in [2.45, 2.75) is 32.2 Å². The zero-order chi connectivity index (χ0) is 18.2. The van der Waals surface area contributed by atoms with Crippen molar-refractivity contribution in [2.24, 2.45) is 0 Å². The summed E-state index contributed by atoms with van der Waals surface area (Å²) in [6.07, 6.45) is 3.88. The number of nitrogens with one attached hydrogen (secondary N) is 1. The molecule has 1 saturated carbocycles. The van der Waals surface area contributed by atoms with Gasteiger partial charge in [-0.25, -0.2) is 9.97 Å². The predicted molar refractivity (Wildman–Crippen MR) is 110 cm³/mol. The summed E-state index contributed by atoms with van der Waals surface area (Å²) in [5, 5.41) is 3.60. The fourth-order valence-corrected chi connectivity index (χ4v) is 3.57. The van der Waals surface area contributed by atoms with E-state index in [1.165, 1.54) is 24.9 Å². The molecular formula is C23H22N4. The highest BCUT2D eigenvalue weighted by Crippen LogP contribution is 2.29. The van der Waals surface area contributed by atoms with Crippen molar-refractivity contribution in [2.75, 3.05) is 5.32 Å². The maximum atomic E-state index is 4.88. The molecule has 2 heterocycles. The van der Waals surface area contributed by atoms with Crippen molar-refractivity contribution in [1.82, 2.24) is 14.5 Å². The number of hydrogen-bond acceptors (Lipinski definition) is 3. The summed E-state index contributed by atoms with van der Waals surface area (Å²) in [6, 6.07) is 23.6. The van der Waals surface area contributed by atoms with Crippen LogP contribution in [0.4, 0.5) is 5.69 Å². The zero-order valence-electron chi connectivity index (χ0n) is 15.4. The number of fused-ring (bicyclic) bond motifs is 1. The van der Waals surface area contributed by atoms with E-state index in [9.17, 15) is 0 Å². The number of anilines is 1. The van der Waals surface area contributed by atoms with Crippen LogP contribution in [0, 0.1) is 6.92 Å². The van der Waals surface area contributed by atoms with Crippen molar-refractivity contribution in [1.29, 1.82) is 0 Å². The van der Waals surface area contributed by atoms with Gasteiger partial charge in [-0.3, -0.25) is 4.57 Å². The molecule has 1 N–H and O–H groups in total. The normalized spacial score (nSPS) is 14.3. The summed E-state index contributed by atoms with van der Waals surface area (Å²) in [5.74, 6) is 0.920. The van der Waals surface area contributed by atoms with Crippen LogP contribution in [0.3, 0.4) is 0 Å². The highest BCUT2D eigenvalue weighted by Gasteiger charge is 2.18. The second-order valence-electron chi connectivity index (χ2n) is 7.25. The third-order valence-electron chi connectivity index (χ3n) is 5.28. The number of nitrogens with zero attached hydrogens (tertiary/aromatic N) is 3. The first-order valence-corrected chi connectivity index (χ1v) is 9.56. The van der Waals surface area contributed by atoms with Gasteiger partial charge in [0, 0.05) is 28.7 Å². The maximum Gasteiger partial charge on any atom is 0.165 e. The lowest BCUT2D eigenvalue weighted by atomic mass is 9.93. The number of pyridine rings is 1. The molecule has 0 radical (unpaired) electrons. The quantitative estimate of drug-likeness (QED) is 0.536.